The van der Waals surface area contributed by atoms with Crippen molar-refractivity contribution in [1.82, 2.24) is 0 Å². The molecule has 2 aromatic rings. The van der Waals surface area contributed by atoms with Gasteiger partial charge in [0.2, 0.25) is 5.75 Å². The molecular formula is C14H7BrF3NO4. The summed E-state index contributed by atoms with van der Waals surface area (Å²) in [4.78, 5) is 21.0. The molecule has 0 bridgehead atoms. The van der Waals surface area contributed by atoms with Crippen molar-refractivity contribution in [3.63, 3.8) is 0 Å². The number of rotatable bonds is 4. The van der Waals surface area contributed by atoms with Gasteiger partial charge in [0.15, 0.2) is 0 Å². The van der Waals surface area contributed by atoms with Crippen LogP contribution in [-0.4, -0.2) is 11.2 Å². The van der Waals surface area contributed by atoms with Crippen LogP contribution in [0, 0.1) is 10.1 Å². The molecule has 0 aliphatic rings. The Morgan fingerprint density at radius 1 is 1.13 bits per heavy atom. The Morgan fingerprint density at radius 2 is 1.83 bits per heavy atom. The number of nitro groups is 1. The Balaban J connectivity index is 2.50. The van der Waals surface area contributed by atoms with Crippen LogP contribution < -0.4 is 4.74 Å². The fourth-order valence-electron chi connectivity index (χ4n) is 1.71. The summed E-state index contributed by atoms with van der Waals surface area (Å²) in [5.74, 6) is -0.592. The maximum Gasteiger partial charge on any atom is 0.416 e. The molecular weight excluding hydrogens is 383 g/mol. The van der Waals surface area contributed by atoms with Crippen LogP contribution in [0.1, 0.15) is 15.9 Å². The summed E-state index contributed by atoms with van der Waals surface area (Å²) < 4.78 is 43.6. The van der Waals surface area contributed by atoms with Gasteiger partial charge < -0.3 is 4.74 Å². The van der Waals surface area contributed by atoms with Crippen molar-refractivity contribution in [2.45, 2.75) is 6.18 Å². The molecule has 2 rings (SSSR count). The van der Waals surface area contributed by atoms with E-state index >= 15 is 0 Å². The molecule has 0 N–H and O–H groups in total. The normalized spacial score (nSPS) is 11.1. The number of aldehydes is 1. The fraction of sp³-hybridized carbons (Fsp3) is 0.0714. The first-order valence-electron chi connectivity index (χ1n) is 6.00. The number of hydrogen-bond donors (Lipinski definition) is 0. The zero-order valence-corrected chi connectivity index (χ0v) is 12.7. The first-order valence-corrected chi connectivity index (χ1v) is 6.80. The van der Waals surface area contributed by atoms with E-state index in [0.29, 0.717) is 12.4 Å². The topological polar surface area (TPSA) is 69.4 Å². The van der Waals surface area contributed by atoms with Crippen LogP contribution in [0.4, 0.5) is 18.9 Å². The summed E-state index contributed by atoms with van der Waals surface area (Å²) in [5, 5.41) is 11.0. The molecule has 120 valence electrons. The highest BCUT2D eigenvalue weighted by molar-refractivity contribution is 9.10. The summed E-state index contributed by atoms with van der Waals surface area (Å²) in [5.41, 5.74) is -1.35. The zero-order chi connectivity index (χ0) is 17.2. The van der Waals surface area contributed by atoms with Crippen molar-refractivity contribution >= 4 is 27.9 Å². The Bertz CT molecular complexity index is 777. The monoisotopic (exact) mass is 389 g/mol. The molecule has 23 heavy (non-hydrogen) atoms. The predicted octanol–water partition coefficient (Wildman–Crippen LogP) is 4.98. The Hall–Kier alpha value is -2.42. The molecule has 0 fully saturated rings. The SMILES string of the molecule is O=Cc1ccc([N+](=O)[O-])c(Oc2cc(C(F)(F)F)ccc2Br)c1. The van der Waals surface area contributed by atoms with E-state index in [9.17, 15) is 28.1 Å². The number of carbonyl (C=O) groups is 1. The third kappa shape index (κ3) is 3.86. The van der Waals surface area contributed by atoms with Gasteiger partial charge in [-0.1, -0.05) is 0 Å². The van der Waals surface area contributed by atoms with Crippen molar-refractivity contribution in [3.8, 4) is 11.5 Å². The lowest BCUT2D eigenvalue weighted by molar-refractivity contribution is -0.385. The molecule has 0 unspecified atom stereocenters. The van der Waals surface area contributed by atoms with Gasteiger partial charge in [-0.2, -0.15) is 13.2 Å². The standard InChI is InChI=1S/C14H7BrF3NO4/c15-10-3-2-9(14(16,17)18)6-12(10)23-13-5-8(7-20)1-4-11(13)19(21)22/h1-7H. The Morgan fingerprint density at radius 3 is 2.39 bits per heavy atom. The molecule has 5 nitrogen and oxygen atoms in total. The largest absolute Gasteiger partial charge is 0.449 e. The van der Waals surface area contributed by atoms with E-state index in [-0.39, 0.29) is 21.5 Å². The van der Waals surface area contributed by atoms with Gasteiger partial charge in [0.25, 0.3) is 0 Å². The van der Waals surface area contributed by atoms with Gasteiger partial charge in [0.1, 0.15) is 12.0 Å². The van der Waals surface area contributed by atoms with Crippen molar-refractivity contribution in [1.29, 1.82) is 0 Å². The number of nitro benzene ring substituents is 1. The number of benzene rings is 2. The average molecular weight is 390 g/mol. The van der Waals surface area contributed by atoms with E-state index in [1.807, 2.05) is 0 Å². The lowest BCUT2D eigenvalue weighted by Gasteiger charge is -2.12. The summed E-state index contributed by atoms with van der Waals surface area (Å²) in [6, 6.07) is 6.00. The summed E-state index contributed by atoms with van der Waals surface area (Å²) >= 11 is 3.02. The van der Waals surface area contributed by atoms with Crippen molar-refractivity contribution in [3.05, 3.63) is 62.1 Å². The second-order valence-corrected chi connectivity index (χ2v) is 5.20. The van der Waals surface area contributed by atoms with Gasteiger partial charge in [-0.25, -0.2) is 0 Å². The number of carbonyl (C=O) groups excluding carboxylic acids is 1. The van der Waals surface area contributed by atoms with Crippen LogP contribution in [0.15, 0.2) is 40.9 Å². The van der Waals surface area contributed by atoms with Gasteiger partial charge in [-0.05, 0) is 46.3 Å². The van der Waals surface area contributed by atoms with Crippen LogP contribution in [0.5, 0.6) is 11.5 Å². The highest BCUT2D eigenvalue weighted by Crippen LogP contribution is 2.39. The first kappa shape index (κ1) is 16.9. The smallest absolute Gasteiger partial charge is 0.416 e. The van der Waals surface area contributed by atoms with E-state index in [1.165, 1.54) is 6.07 Å². The first-order chi connectivity index (χ1) is 10.7. The third-order valence-corrected chi connectivity index (χ3v) is 3.45. The minimum absolute atomic E-state index is 0.0914. The zero-order valence-electron chi connectivity index (χ0n) is 11.1. The lowest BCUT2D eigenvalue weighted by Crippen LogP contribution is -2.05. The molecule has 0 spiro atoms. The predicted molar refractivity (Wildman–Crippen MR) is 77.7 cm³/mol. The van der Waals surface area contributed by atoms with E-state index in [2.05, 4.69) is 15.9 Å². The van der Waals surface area contributed by atoms with Crippen LogP contribution in [0.2, 0.25) is 0 Å². The maximum absolute atomic E-state index is 12.7. The highest BCUT2D eigenvalue weighted by Gasteiger charge is 2.31. The number of ether oxygens (including phenoxy) is 1. The molecule has 0 aliphatic heterocycles. The molecule has 0 aromatic heterocycles. The maximum atomic E-state index is 12.7. The quantitative estimate of drug-likeness (QED) is 0.420. The van der Waals surface area contributed by atoms with Crippen LogP contribution in [-0.2, 0) is 6.18 Å². The van der Waals surface area contributed by atoms with E-state index < -0.39 is 22.4 Å². The molecule has 0 saturated carbocycles. The summed E-state index contributed by atoms with van der Waals surface area (Å²) in [6.45, 7) is 0. The molecule has 0 radical (unpaired) electrons. The highest BCUT2D eigenvalue weighted by atomic mass is 79.9. The van der Waals surface area contributed by atoms with Gasteiger partial charge >= 0.3 is 11.9 Å². The molecule has 0 amide bonds. The lowest BCUT2D eigenvalue weighted by atomic mass is 10.2. The van der Waals surface area contributed by atoms with Crippen molar-refractivity contribution in [2.75, 3.05) is 0 Å². The molecule has 0 aliphatic carbocycles. The Labute approximate surface area is 136 Å². The average Bonchev–Trinajstić information content (AvgIpc) is 2.48. The minimum Gasteiger partial charge on any atom is -0.449 e. The van der Waals surface area contributed by atoms with Gasteiger partial charge in [-0.15, -0.1) is 0 Å². The number of nitrogens with zero attached hydrogens (tertiary/aromatic N) is 1. The van der Waals surface area contributed by atoms with E-state index in [0.717, 1.165) is 24.3 Å². The van der Waals surface area contributed by atoms with Gasteiger partial charge in [0.05, 0.1) is 15.0 Å². The molecule has 9 heteroatoms. The molecule has 2 aromatic carbocycles. The van der Waals surface area contributed by atoms with Crippen LogP contribution in [0.25, 0.3) is 0 Å². The molecule has 0 saturated heterocycles. The second kappa shape index (κ2) is 6.37. The van der Waals surface area contributed by atoms with Gasteiger partial charge in [-0.3, -0.25) is 14.9 Å². The second-order valence-electron chi connectivity index (χ2n) is 4.35. The number of hydrogen-bond acceptors (Lipinski definition) is 4. The molecule has 0 atom stereocenters. The fourth-order valence-corrected chi connectivity index (χ4v) is 2.04. The Kier molecular flexibility index (Phi) is 4.69. The van der Waals surface area contributed by atoms with Crippen molar-refractivity contribution in [2.24, 2.45) is 0 Å². The number of alkyl halides is 3. The summed E-state index contributed by atoms with van der Waals surface area (Å²) in [7, 11) is 0. The third-order valence-electron chi connectivity index (χ3n) is 2.80. The number of halogens is 4. The van der Waals surface area contributed by atoms with Crippen LogP contribution in [0.3, 0.4) is 0 Å². The summed E-state index contributed by atoms with van der Waals surface area (Å²) in [6.07, 6.45) is -4.15. The minimum atomic E-state index is -4.59. The molecule has 0 heterocycles. The van der Waals surface area contributed by atoms with E-state index in [1.54, 1.807) is 0 Å². The van der Waals surface area contributed by atoms with Crippen molar-refractivity contribution < 1.29 is 27.6 Å². The van der Waals surface area contributed by atoms with E-state index in [4.69, 9.17) is 4.74 Å². The van der Waals surface area contributed by atoms with Gasteiger partial charge in [0, 0.05) is 11.6 Å². The van der Waals surface area contributed by atoms with Crippen LogP contribution >= 0.6 is 15.9 Å².